The molecule has 3 aromatic rings. The second-order valence-corrected chi connectivity index (χ2v) is 7.48. The summed E-state index contributed by atoms with van der Waals surface area (Å²) in [7, 11) is 3.03. The number of methoxy groups -OCH3 is 2. The minimum atomic E-state index is 0.147. The number of halogens is 1. The third-order valence-corrected chi connectivity index (χ3v) is 5.52. The smallest absolute Gasteiger partial charge is 0.179 e. The highest BCUT2D eigenvalue weighted by Gasteiger charge is 2.25. The molecule has 0 saturated carbocycles. The first-order valence-electron chi connectivity index (χ1n) is 9.46. The monoisotopic (exact) mass is 423 g/mol. The van der Waals surface area contributed by atoms with Crippen molar-refractivity contribution in [2.24, 2.45) is 0 Å². The molecule has 1 aliphatic rings. The van der Waals surface area contributed by atoms with Gasteiger partial charge >= 0.3 is 0 Å². The highest BCUT2D eigenvalue weighted by atomic mass is 35.5. The maximum atomic E-state index is 8.80. The summed E-state index contributed by atoms with van der Waals surface area (Å²) in [5.41, 5.74) is 9.90. The lowest BCUT2D eigenvalue weighted by Gasteiger charge is -2.18. The van der Waals surface area contributed by atoms with E-state index in [1.165, 1.54) is 31.7 Å². The van der Waals surface area contributed by atoms with Gasteiger partial charge in [-0.2, -0.15) is 0 Å². The molecule has 0 bridgehead atoms. The van der Waals surface area contributed by atoms with E-state index >= 15 is 0 Å². The van der Waals surface area contributed by atoms with E-state index in [1.807, 2.05) is 12.1 Å². The van der Waals surface area contributed by atoms with Crippen molar-refractivity contribution in [1.82, 2.24) is 9.97 Å². The van der Waals surface area contributed by atoms with Gasteiger partial charge in [-0.15, -0.1) is 0 Å². The Balaban J connectivity index is 1.67. The molecule has 4 rings (SSSR count). The first-order valence-corrected chi connectivity index (χ1v) is 9.84. The zero-order valence-corrected chi connectivity index (χ0v) is 17.5. The first-order chi connectivity index (χ1) is 14.5. The van der Waals surface area contributed by atoms with Gasteiger partial charge in [0.05, 0.1) is 30.5 Å². The number of hydrogen-bond acceptors (Lipinski definition) is 7. The van der Waals surface area contributed by atoms with Crippen molar-refractivity contribution in [2.45, 2.75) is 18.9 Å². The van der Waals surface area contributed by atoms with E-state index in [0.29, 0.717) is 33.5 Å². The second-order valence-electron chi connectivity index (χ2n) is 7.07. The molecule has 0 radical (unpaired) electrons. The minimum absolute atomic E-state index is 0.147. The summed E-state index contributed by atoms with van der Waals surface area (Å²) in [6.45, 7) is 0. The average molecular weight is 424 g/mol. The van der Waals surface area contributed by atoms with Crippen molar-refractivity contribution in [3.63, 3.8) is 0 Å². The van der Waals surface area contributed by atoms with Crippen molar-refractivity contribution < 1.29 is 9.47 Å². The number of rotatable bonds is 6. The van der Waals surface area contributed by atoms with E-state index in [2.05, 4.69) is 27.4 Å². The number of nitrogens with zero attached hydrogens (tertiary/aromatic N) is 2. The molecule has 7 nitrogen and oxygen atoms in total. The number of nitrogens with two attached hydrogens (primary N) is 1. The molecule has 0 fully saturated rings. The van der Waals surface area contributed by atoms with E-state index in [9.17, 15) is 0 Å². The zero-order chi connectivity index (χ0) is 21.3. The molecule has 0 spiro atoms. The lowest BCUT2D eigenvalue weighted by molar-refractivity contribution is 0.355. The van der Waals surface area contributed by atoms with E-state index < -0.39 is 0 Å². The van der Waals surface area contributed by atoms with E-state index in [-0.39, 0.29) is 17.6 Å². The summed E-state index contributed by atoms with van der Waals surface area (Å²) in [4.78, 5) is 8.48. The van der Waals surface area contributed by atoms with Crippen LogP contribution < -0.4 is 20.5 Å². The second kappa shape index (κ2) is 8.20. The molecule has 1 aliphatic carbocycles. The average Bonchev–Trinajstić information content (AvgIpc) is 3.15. The van der Waals surface area contributed by atoms with Crippen molar-refractivity contribution in [1.29, 1.82) is 5.41 Å². The van der Waals surface area contributed by atoms with Crippen LogP contribution in [0.4, 0.5) is 11.6 Å². The van der Waals surface area contributed by atoms with Crippen LogP contribution in [0.15, 0.2) is 42.7 Å². The Hall–Kier alpha value is -3.32. The van der Waals surface area contributed by atoms with Gasteiger partial charge in [-0.3, -0.25) is 5.41 Å². The van der Waals surface area contributed by atoms with Crippen LogP contribution in [0.5, 0.6) is 11.5 Å². The molecule has 1 heterocycles. The van der Waals surface area contributed by atoms with Gasteiger partial charge in [0.1, 0.15) is 18.0 Å². The predicted molar refractivity (Wildman–Crippen MR) is 118 cm³/mol. The molecule has 8 heteroatoms. The topological polar surface area (TPSA) is 106 Å². The Morgan fingerprint density at radius 2 is 1.83 bits per heavy atom. The van der Waals surface area contributed by atoms with Gasteiger partial charge in [-0.1, -0.05) is 35.9 Å². The Kier molecular flexibility index (Phi) is 5.46. The molecule has 1 aromatic heterocycles. The molecule has 4 N–H and O–H groups in total. The van der Waals surface area contributed by atoms with Gasteiger partial charge in [0, 0.05) is 11.6 Å². The van der Waals surface area contributed by atoms with Gasteiger partial charge in [0.2, 0.25) is 0 Å². The fourth-order valence-corrected chi connectivity index (χ4v) is 4.10. The quantitative estimate of drug-likeness (QED) is 0.521. The number of fused-ring (bicyclic) bond motifs is 1. The Morgan fingerprint density at radius 3 is 2.47 bits per heavy atom. The van der Waals surface area contributed by atoms with E-state index in [1.54, 1.807) is 12.1 Å². The number of benzene rings is 2. The van der Waals surface area contributed by atoms with Crippen molar-refractivity contribution in [2.75, 3.05) is 25.3 Å². The van der Waals surface area contributed by atoms with Gasteiger partial charge in [-0.25, -0.2) is 9.97 Å². The van der Waals surface area contributed by atoms with Crippen molar-refractivity contribution in [3.8, 4) is 11.5 Å². The third-order valence-electron chi connectivity index (χ3n) is 5.24. The van der Waals surface area contributed by atoms with Crippen LogP contribution in [0.2, 0.25) is 5.02 Å². The number of aromatic nitrogens is 2. The summed E-state index contributed by atoms with van der Waals surface area (Å²) >= 11 is 6.33. The molecular weight excluding hydrogens is 402 g/mol. The number of nitrogen functional groups attached to an aromatic ring is 1. The summed E-state index contributed by atoms with van der Waals surface area (Å²) < 4.78 is 10.6. The summed E-state index contributed by atoms with van der Waals surface area (Å²) in [6, 6.07) is 11.9. The fraction of sp³-hybridized carbons (Fsp3) is 0.227. The molecule has 154 valence electrons. The van der Waals surface area contributed by atoms with Crippen molar-refractivity contribution in [3.05, 3.63) is 70.0 Å². The van der Waals surface area contributed by atoms with Crippen LogP contribution in [0.1, 0.15) is 22.3 Å². The van der Waals surface area contributed by atoms with Crippen LogP contribution in [-0.2, 0) is 12.8 Å². The van der Waals surface area contributed by atoms with E-state index in [0.717, 1.165) is 12.8 Å². The molecule has 30 heavy (non-hydrogen) atoms. The van der Waals surface area contributed by atoms with Crippen LogP contribution in [0.3, 0.4) is 0 Å². The Labute approximate surface area is 179 Å². The third kappa shape index (κ3) is 3.64. The Morgan fingerprint density at radius 1 is 1.13 bits per heavy atom. The van der Waals surface area contributed by atoms with E-state index in [4.69, 9.17) is 32.2 Å². The summed E-state index contributed by atoms with van der Waals surface area (Å²) in [5.74, 6) is 1.59. The molecule has 0 amide bonds. The maximum Gasteiger partial charge on any atom is 0.179 e. The van der Waals surface area contributed by atoms with Gasteiger partial charge in [0.25, 0.3) is 0 Å². The molecule has 2 aromatic carbocycles. The maximum absolute atomic E-state index is 8.80. The summed E-state index contributed by atoms with van der Waals surface area (Å²) in [5, 5.41) is 12.6. The normalized spacial score (nSPS) is 13.0. The molecule has 0 unspecified atom stereocenters. The van der Waals surface area contributed by atoms with Crippen LogP contribution in [-0.4, -0.2) is 35.9 Å². The minimum Gasteiger partial charge on any atom is -0.493 e. The van der Waals surface area contributed by atoms with Crippen LogP contribution in [0.25, 0.3) is 0 Å². The summed E-state index contributed by atoms with van der Waals surface area (Å²) in [6.07, 6.45) is 3.17. The fourth-order valence-electron chi connectivity index (χ4n) is 3.82. The Bertz CT molecular complexity index is 1090. The SMILES string of the molecule is COc1cc(C(=N)c2c(N)ncnc2NC2Cc3ccccc3C2)cc(Cl)c1OC. The number of ether oxygens (including phenoxy) is 2. The first kappa shape index (κ1) is 20.0. The number of nitrogens with one attached hydrogen (secondary N) is 2. The van der Waals surface area contributed by atoms with Crippen molar-refractivity contribution >= 4 is 28.9 Å². The predicted octanol–water partition coefficient (Wildman–Crippen LogP) is 3.72. The zero-order valence-electron chi connectivity index (χ0n) is 16.7. The number of hydrogen-bond donors (Lipinski definition) is 3. The molecule has 0 saturated heterocycles. The van der Waals surface area contributed by atoms with Gasteiger partial charge in [0.15, 0.2) is 11.5 Å². The molecule has 0 aliphatic heterocycles. The van der Waals surface area contributed by atoms with Gasteiger partial charge in [-0.05, 0) is 36.1 Å². The number of anilines is 2. The largest absolute Gasteiger partial charge is 0.493 e. The highest BCUT2D eigenvalue weighted by Crippen LogP contribution is 2.37. The van der Waals surface area contributed by atoms with Crippen LogP contribution >= 0.6 is 11.6 Å². The highest BCUT2D eigenvalue weighted by molar-refractivity contribution is 6.33. The standard InChI is InChI=1S/C22H22ClN5O2/c1-29-17-10-14(9-16(23)20(17)30-2)19(24)18-21(25)26-11-27-22(18)28-15-7-12-5-3-4-6-13(12)8-15/h3-6,9-11,15,24H,7-8H2,1-2H3,(H3,25,26,27,28). The molecular formula is C22H22ClN5O2. The van der Waals surface area contributed by atoms with Gasteiger partial charge < -0.3 is 20.5 Å². The molecule has 0 atom stereocenters. The van der Waals surface area contributed by atoms with Crippen LogP contribution in [0, 0.1) is 5.41 Å². The lowest BCUT2D eigenvalue weighted by Crippen LogP contribution is -2.23. The lowest BCUT2D eigenvalue weighted by atomic mass is 10.0.